The predicted octanol–water partition coefficient (Wildman–Crippen LogP) is 3.21. The molecule has 0 saturated carbocycles. The van der Waals surface area contributed by atoms with E-state index in [-0.39, 0.29) is 11.1 Å². The summed E-state index contributed by atoms with van der Waals surface area (Å²) in [5.41, 5.74) is 0.691. The highest BCUT2D eigenvalue weighted by Gasteiger charge is 2.39. The molecule has 0 bridgehead atoms. The molecule has 0 aromatic heterocycles. The highest BCUT2D eigenvalue weighted by Crippen LogP contribution is 2.23. The maximum Gasteiger partial charge on any atom is 0.350 e. The second-order valence-electron chi connectivity index (χ2n) is 6.39. The van der Waals surface area contributed by atoms with E-state index in [1.54, 1.807) is 24.3 Å². The van der Waals surface area contributed by atoms with Crippen LogP contribution in [0.4, 0.5) is 15.8 Å². The number of ether oxygens (including phenoxy) is 2. The number of hydrogen-bond acceptors (Lipinski definition) is 6. The Balaban J connectivity index is 1.79. The zero-order valence-electron chi connectivity index (χ0n) is 15.1. The van der Waals surface area contributed by atoms with Crippen molar-refractivity contribution >= 4 is 29.2 Å². The molecular formula is C20H17FN2O5. The van der Waals surface area contributed by atoms with Crippen LogP contribution >= 0.6 is 0 Å². The van der Waals surface area contributed by atoms with Crippen LogP contribution in [-0.2, 0) is 19.1 Å². The van der Waals surface area contributed by atoms with Gasteiger partial charge in [-0.05, 0) is 36.4 Å². The molecule has 0 spiro atoms. The van der Waals surface area contributed by atoms with Crippen molar-refractivity contribution in [2.75, 3.05) is 10.6 Å². The van der Waals surface area contributed by atoms with Crippen LogP contribution in [0.3, 0.4) is 0 Å². The SMILES string of the molecule is CC1(C)OC(=O)C(=CNc2ccccc2C(=O)Nc2ccc(F)cc2)C(=O)O1. The highest BCUT2D eigenvalue weighted by atomic mass is 19.1. The Morgan fingerprint density at radius 1 is 1.00 bits per heavy atom. The van der Waals surface area contributed by atoms with Crippen molar-refractivity contribution in [1.29, 1.82) is 0 Å². The Labute approximate surface area is 160 Å². The van der Waals surface area contributed by atoms with E-state index in [4.69, 9.17) is 9.47 Å². The van der Waals surface area contributed by atoms with E-state index < -0.39 is 29.5 Å². The van der Waals surface area contributed by atoms with Crippen molar-refractivity contribution in [1.82, 2.24) is 0 Å². The summed E-state index contributed by atoms with van der Waals surface area (Å²) in [5, 5.41) is 5.40. The fourth-order valence-electron chi connectivity index (χ4n) is 2.47. The van der Waals surface area contributed by atoms with Crippen LogP contribution in [0.2, 0.25) is 0 Å². The molecule has 2 aromatic rings. The number of hydrogen-bond donors (Lipinski definition) is 2. The molecule has 28 heavy (non-hydrogen) atoms. The Morgan fingerprint density at radius 3 is 2.25 bits per heavy atom. The first-order chi connectivity index (χ1) is 13.2. The minimum Gasteiger partial charge on any atom is -0.419 e. The molecule has 0 aliphatic carbocycles. The van der Waals surface area contributed by atoms with Gasteiger partial charge < -0.3 is 20.1 Å². The van der Waals surface area contributed by atoms with Crippen LogP contribution in [0, 0.1) is 5.82 Å². The largest absolute Gasteiger partial charge is 0.419 e. The number of benzene rings is 2. The van der Waals surface area contributed by atoms with Crippen molar-refractivity contribution < 1.29 is 28.2 Å². The highest BCUT2D eigenvalue weighted by molar-refractivity contribution is 6.15. The van der Waals surface area contributed by atoms with Crippen molar-refractivity contribution in [2.24, 2.45) is 0 Å². The average Bonchev–Trinajstić information content (AvgIpc) is 2.62. The molecule has 3 rings (SSSR count). The van der Waals surface area contributed by atoms with Crippen LogP contribution in [0.1, 0.15) is 24.2 Å². The first-order valence-electron chi connectivity index (χ1n) is 8.34. The number of nitrogens with one attached hydrogen (secondary N) is 2. The van der Waals surface area contributed by atoms with Crippen molar-refractivity contribution in [3.8, 4) is 0 Å². The number of carbonyl (C=O) groups excluding carboxylic acids is 3. The topological polar surface area (TPSA) is 93.7 Å². The van der Waals surface area contributed by atoms with Crippen LogP contribution in [0.25, 0.3) is 0 Å². The van der Waals surface area contributed by atoms with Crippen molar-refractivity contribution in [3.63, 3.8) is 0 Å². The van der Waals surface area contributed by atoms with E-state index in [0.29, 0.717) is 11.4 Å². The zero-order valence-corrected chi connectivity index (χ0v) is 15.1. The van der Waals surface area contributed by atoms with Gasteiger partial charge in [0.05, 0.1) is 11.3 Å². The third kappa shape index (κ3) is 4.35. The number of halogens is 1. The molecule has 1 saturated heterocycles. The van der Waals surface area contributed by atoms with Gasteiger partial charge >= 0.3 is 11.9 Å². The van der Waals surface area contributed by atoms with Gasteiger partial charge in [0.2, 0.25) is 0 Å². The molecule has 0 unspecified atom stereocenters. The summed E-state index contributed by atoms with van der Waals surface area (Å²) in [6, 6.07) is 11.8. The Kier molecular flexibility index (Phi) is 5.12. The molecule has 2 aromatic carbocycles. The van der Waals surface area contributed by atoms with Gasteiger partial charge in [0.1, 0.15) is 5.82 Å². The van der Waals surface area contributed by atoms with E-state index in [1.807, 2.05) is 0 Å². The Morgan fingerprint density at radius 2 is 1.61 bits per heavy atom. The summed E-state index contributed by atoms with van der Waals surface area (Å²) in [5.74, 6) is -3.87. The van der Waals surface area contributed by atoms with Crippen LogP contribution in [0.15, 0.2) is 60.3 Å². The predicted molar refractivity (Wildman–Crippen MR) is 98.8 cm³/mol. The summed E-state index contributed by atoms with van der Waals surface area (Å²) < 4.78 is 23.0. The first-order valence-corrected chi connectivity index (χ1v) is 8.34. The maximum absolute atomic E-state index is 13.0. The molecule has 1 fully saturated rings. The fourth-order valence-corrected chi connectivity index (χ4v) is 2.47. The second-order valence-corrected chi connectivity index (χ2v) is 6.39. The quantitative estimate of drug-likeness (QED) is 0.478. The number of cyclic esters (lactones) is 2. The Bertz CT molecular complexity index is 945. The minimum atomic E-state index is -1.33. The van der Waals surface area contributed by atoms with Crippen molar-refractivity contribution in [2.45, 2.75) is 19.6 Å². The number of esters is 2. The number of amides is 1. The molecule has 144 valence electrons. The van der Waals surface area contributed by atoms with E-state index in [2.05, 4.69) is 10.6 Å². The second kappa shape index (κ2) is 7.51. The monoisotopic (exact) mass is 384 g/mol. The maximum atomic E-state index is 13.0. The molecule has 0 atom stereocenters. The summed E-state index contributed by atoms with van der Waals surface area (Å²) in [7, 11) is 0. The van der Waals surface area contributed by atoms with Crippen molar-refractivity contribution in [3.05, 3.63) is 71.7 Å². The lowest BCUT2D eigenvalue weighted by molar-refractivity contribution is -0.222. The van der Waals surface area contributed by atoms with Gasteiger partial charge in [-0.3, -0.25) is 4.79 Å². The van der Waals surface area contributed by atoms with Gasteiger partial charge in [0.25, 0.3) is 11.7 Å². The number of para-hydroxylation sites is 1. The molecule has 7 nitrogen and oxygen atoms in total. The van der Waals surface area contributed by atoms with E-state index >= 15 is 0 Å². The average molecular weight is 384 g/mol. The third-order valence-corrected chi connectivity index (χ3v) is 3.76. The van der Waals surface area contributed by atoms with E-state index in [1.165, 1.54) is 38.1 Å². The standard InChI is InChI=1S/C20H17FN2O5/c1-20(2)27-18(25)15(19(26)28-20)11-22-16-6-4-3-5-14(16)17(24)23-13-9-7-12(21)8-10-13/h3-11,22H,1-2H3,(H,23,24). The summed E-state index contributed by atoms with van der Waals surface area (Å²) in [6.07, 6.45) is 1.13. The van der Waals surface area contributed by atoms with E-state index in [0.717, 1.165) is 6.20 Å². The normalized spacial score (nSPS) is 15.3. The lowest BCUT2D eigenvalue weighted by Gasteiger charge is -2.29. The molecule has 1 aliphatic rings. The molecule has 1 heterocycles. The molecule has 2 N–H and O–H groups in total. The minimum absolute atomic E-state index is 0.251. The summed E-state index contributed by atoms with van der Waals surface area (Å²) in [6.45, 7) is 2.89. The summed E-state index contributed by atoms with van der Waals surface area (Å²) >= 11 is 0. The fraction of sp³-hybridized carbons (Fsp3) is 0.150. The van der Waals surface area contributed by atoms with E-state index in [9.17, 15) is 18.8 Å². The molecule has 8 heteroatoms. The van der Waals surface area contributed by atoms with Gasteiger partial charge in [-0.15, -0.1) is 0 Å². The lowest BCUT2D eigenvalue weighted by atomic mass is 10.1. The lowest BCUT2D eigenvalue weighted by Crippen LogP contribution is -2.42. The van der Waals surface area contributed by atoms with Crippen LogP contribution in [-0.4, -0.2) is 23.6 Å². The number of anilines is 2. The van der Waals surface area contributed by atoms with Crippen LogP contribution in [0.5, 0.6) is 0 Å². The summed E-state index contributed by atoms with van der Waals surface area (Å²) in [4.78, 5) is 36.5. The van der Waals surface area contributed by atoms with Gasteiger partial charge in [-0.2, -0.15) is 0 Å². The molecule has 0 radical (unpaired) electrons. The molecular weight excluding hydrogens is 367 g/mol. The zero-order chi connectivity index (χ0) is 20.3. The van der Waals surface area contributed by atoms with Gasteiger partial charge in [0, 0.05) is 25.7 Å². The third-order valence-electron chi connectivity index (χ3n) is 3.76. The molecule has 1 amide bonds. The van der Waals surface area contributed by atoms with Gasteiger partial charge in [0.15, 0.2) is 5.57 Å². The molecule has 1 aliphatic heterocycles. The Hall–Kier alpha value is -3.68. The number of rotatable bonds is 4. The van der Waals surface area contributed by atoms with Crippen LogP contribution < -0.4 is 10.6 Å². The van der Waals surface area contributed by atoms with Gasteiger partial charge in [-0.25, -0.2) is 14.0 Å². The number of carbonyl (C=O) groups is 3. The smallest absolute Gasteiger partial charge is 0.350 e. The van der Waals surface area contributed by atoms with Gasteiger partial charge in [-0.1, -0.05) is 12.1 Å². The first kappa shape index (κ1) is 19.1.